The van der Waals surface area contributed by atoms with Crippen molar-refractivity contribution < 1.29 is 19.3 Å². The summed E-state index contributed by atoms with van der Waals surface area (Å²) in [4.78, 5) is 52.8. The zero-order valence-corrected chi connectivity index (χ0v) is 18.9. The molecule has 0 aromatic heterocycles. The first-order chi connectivity index (χ1) is 16.3. The summed E-state index contributed by atoms with van der Waals surface area (Å²) >= 11 is 5.90. The Morgan fingerprint density at radius 1 is 1.09 bits per heavy atom. The van der Waals surface area contributed by atoms with Crippen molar-refractivity contribution in [2.75, 3.05) is 4.90 Å². The number of rotatable bonds is 6. The van der Waals surface area contributed by atoms with Gasteiger partial charge in [0, 0.05) is 18.2 Å². The normalized spacial score (nSPS) is 15.5. The van der Waals surface area contributed by atoms with E-state index in [-0.39, 0.29) is 23.6 Å². The van der Waals surface area contributed by atoms with Gasteiger partial charge >= 0.3 is 0 Å². The second-order valence-corrected chi connectivity index (χ2v) is 8.37. The molecule has 1 unspecified atom stereocenters. The van der Waals surface area contributed by atoms with E-state index in [0.717, 1.165) is 22.1 Å². The summed E-state index contributed by atoms with van der Waals surface area (Å²) in [6.07, 6.45) is -0.193. The van der Waals surface area contributed by atoms with Crippen LogP contribution in [0.2, 0.25) is 5.02 Å². The number of hydrogen-bond donors (Lipinski definition) is 0. The van der Waals surface area contributed by atoms with E-state index in [9.17, 15) is 24.5 Å². The molecule has 1 aliphatic heterocycles. The molecule has 1 saturated heterocycles. The quantitative estimate of drug-likeness (QED) is 0.295. The van der Waals surface area contributed by atoms with E-state index in [0.29, 0.717) is 5.69 Å². The van der Waals surface area contributed by atoms with Gasteiger partial charge in [-0.3, -0.25) is 24.5 Å². The van der Waals surface area contributed by atoms with Gasteiger partial charge in [-0.1, -0.05) is 59.6 Å². The van der Waals surface area contributed by atoms with Crippen LogP contribution in [0.25, 0.3) is 0 Å². The Morgan fingerprint density at radius 2 is 1.76 bits per heavy atom. The van der Waals surface area contributed by atoms with Crippen LogP contribution < -0.4 is 4.90 Å². The second kappa shape index (κ2) is 9.44. The van der Waals surface area contributed by atoms with Crippen LogP contribution in [-0.4, -0.2) is 33.6 Å². The Balaban J connectivity index is 1.72. The van der Waals surface area contributed by atoms with Crippen LogP contribution in [0.1, 0.15) is 27.9 Å². The summed E-state index contributed by atoms with van der Waals surface area (Å²) in [6.45, 7) is 1.94. The molecule has 0 bridgehead atoms. The fourth-order valence-electron chi connectivity index (χ4n) is 3.88. The highest BCUT2D eigenvalue weighted by Crippen LogP contribution is 2.30. The Bertz CT molecular complexity index is 1280. The Kier molecular flexibility index (Phi) is 6.43. The molecule has 3 amide bonds. The lowest BCUT2D eigenvalue weighted by atomic mass is 10.1. The van der Waals surface area contributed by atoms with E-state index in [1.165, 1.54) is 17.0 Å². The maximum atomic E-state index is 13.5. The minimum Gasteiger partial charge on any atom is -0.322 e. The van der Waals surface area contributed by atoms with Crippen LogP contribution in [0.15, 0.2) is 72.8 Å². The SMILES string of the molecule is Cc1ccc(N2C(=O)CC(N(Cc3ccccc3)C(=O)c3ccc(Cl)c([N+](=O)[O-])c3)C2=O)cc1. The molecule has 1 atom stereocenters. The van der Waals surface area contributed by atoms with Gasteiger partial charge < -0.3 is 4.90 Å². The van der Waals surface area contributed by atoms with Gasteiger partial charge in [0.1, 0.15) is 11.1 Å². The second-order valence-electron chi connectivity index (χ2n) is 7.96. The third kappa shape index (κ3) is 4.53. The highest BCUT2D eigenvalue weighted by atomic mass is 35.5. The number of anilines is 1. The molecular weight excluding hydrogens is 458 g/mol. The van der Waals surface area contributed by atoms with Crippen molar-refractivity contribution in [2.24, 2.45) is 0 Å². The summed E-state index contributed by atoms with van der Waals surface area (Å²) in [5, 5.41) is 11.2. The third-order valence-electron chi connectivity index (χ3n) is 5.64. The number of nitro groups is 1. The van der Waals surface area contributed by atoms with E-state index >= 15 is 0 Å². The van der Waals surface area contributed by atoms with Crippen LogP contribution >= 0.6 is 11.6 Å². The lowest BCUT2D eigenvalue weighted by molar-refractivity contribution is -0.384. The van der Waals surface area contributed by atoms with Gasteiger partial charge in [0.05, 0.1) is 17.0 Å². The molecule has 0 aliphatic carbocycles. The summed E-state index contributed by atoms with van der Waals surface area (Å²) < 4.78 is 0. The third-order valence-corrected chi connectivity index (χ3v) is 5.96. The topological polar surface area (TPSA) is 101 Å². The largest absolute Gasteiger partial charge is 0.322 e. The van der Waals surface area contributed by atoms with Gasteiger partial charge in [0.2, 0.25) is 5.91 Å². The first-order valence-electron chi connectivity index (χ1n) is 10.5. The van der Waals surface area contributed by atoms with Gasteiger partial charge in [-0.2, -0.15) is 0 Å². The number of nitrogens with zero attached hydrogens (tertiary/aromatic N) is 3. The molecule has 3 aromatic rings. The molecular formula is C25H20ClN3O5. The van der Waals surface area contributed by atoms with Crippen LogP contribution in [0, 0.1) is 17.0 Å². The monoisotopic (exact) mass is 477 g/mol. The Labute approximate surface area is 200 Å². The lowest BCUT2D eigenvalue weighted by Gasteiger charge is -2.28. The van der Waals surface area contributed by atoms with Crippen LogP contribution in [0.5, 0.6) is 0 Å². The molecule has 4 rings (SSSR count). The summed E-state index contributed by atoms with van der Waals surface area (Å²) in [6, 6.07) is 18.6. The minimum absolute atomic E-state index is 0.000987. The number of nitro benzene ring substituents is 1. The molecule has 1 aliphatic rings. The number of imide groups is 1. The number of amides is 3. The fraction of sp³-hybridized carbons (Fsp3) is 0.160. The first kappa shape index (κ1) is 23.1. The number of benzene rings is 3. The Hall–Kier alpha value is -4.04. The molecule has 0 radical (unpaired) electrons. The average molecular weight is 478 g/mol. The van der Waals surface area contributed by atoms with Gasteiger partial charge in [-0.05, 0) is 36.8 Å². The van der Waals surface area contributed by atoms with Gasteiger partial charge in [-0.15, -0.1) is 0 Å². The van der Waals surface area contributed by atoms with Crippen molar-refractivity contribution in [3.8, 4) is 0 Å². The fourth-order valence-corrected chi connectivity index (χ4v) is 4.07. The highest BCUT2D eigenvalue weighted by Gasteiger charge is 2.44. The molecule has 0 saturated carbocycles. The molecule has 1 heterocycles. The molecule has 3 aromatic carbocycles. The molecule has 8 nitrogen and oxygen atoms in total. The molecule has 1 fully saturated rings. The number of carbonyl (C=O) groups excluding carboxylic acids is 3. The Morgan fingerprint density at radius 3 is 2.41 bits per heavy atom. The first-order valence-corrected chi connectivity index (χ1v) is 10.9. The van der Waals surface area contributed by atoms with E-state index in [4.69, 9.17) is 11.6 Å². The molecule has 9 heteroatoms. The van der Waals surface area contributed by atoms with E-state index < -0.39 is 34.4 Å². The average Bonchev–Trinajstić information content (AvgIpc) is 3.12. The predicted molar refractivity (Wildman–Crippen MR) is 126 cm³/mol. The molecule has 0 spiro atoms. The maximum absolute atomic E-state index is 13.5. The number of hydrogen-bond acceptors (Lipinski definition) is 5. The van der Waals surface area contributed by atoms with E-state index in [1.807, 2.05) is 13.0 Å². The van der Waals surface area contributed by atoms with Crippen molar-refractivity contribution in [1.82, 2.24) is 4.90 Å². The van der Waals surface area contributed by atoms with Crippen LogP contribution in [0.3, 0.4) is 0 Å². The lowest BCUT2D eigenvalue weighted by Crippen LogP contribution is -2.45. The van der Waals surface area contributed by atoms with Gasteiger partial charge in [-0.25, -0.2) is 4.90 Å². The van der Waals surface area contributed by atoms with Gasteiger partial charge in [0.15, 0.2) is 0 Å². The minimum atomic E-state index is -1.06. The summed E-state index contributed by atoms with van der Waals surface area (Å²) in [7, 11) is 0. The summed E-state index contributed by atoms with van der Waals surface area (Å²) in [5.41, 5.74) is 1.73. The van der Waals surface area contributed by atoms with Crippen molar-refractivity contribution in [1.29, 1.82) is 0 Å². The number of aryl methyl sites for hydroxylation is 1. The summed E-state index contributed by atoms with van der Waals surface area (Å²) in [5.74, 6) is -1.56. The predicted octanol–water partition coefficient (Wildman–Crippen LogP) is 4.53. The molecule has 172 valence electrons. The smallest absolute Gasteiger partial charge is 0.288 e. The zero-order valence-electron chi connectivity index (χ0n) is 18.2. The van der Waals surface area contributed by atoms with Gasteiger partial charge in [0.25, 0.3) is 17.5 Å². The maximum Gasteiger partial charge on any atom is 0.288 e. The van der Waals surface area contributed by atoms with E-state index in [2.05, 4.69) is 0 Å². The van der Waals surface area contributed by atoms with Crippen LogP contribution in [0.4, 0.5) is 11.4 Å². The zero-order chi connectivity index (χ0) is 24.4. The van der Waals surface area contributed by atoms with Crippen molar-refractivity contribution >= 4 is 40.7 Å². The number of carbonyl (C=O) groups is 3. The van der Waals surface area contributed by atoms with Crippen molar-refractivity contribution in [3.63, 3.8) is 0 Å². The number of halogens is 1. The van der Waals surface area contributed by atoms with E-state index in [1.54, 1.807) is 48.5 Å². The van der Waals surface area contributed by atoms with Crippen molar-refractivity contribution in [3.05, 3.63) is 105 Å². The van der Waals surface area contributed by atoms with Crippen LogP contribution in [-0.2, 0) is 16.1 Å². The highest BCUT2D eigenvalue weighted by molar-refractivity contribution is 6.32. The molecule has 0 N–H and O–H groups in total. The standard InChI is InChI=1S/C25H20ClN3O5/c1-16-7-10-19(11-8-16)28-23(30)14-22(25(28)32)27(15-17-5-3-2-4-6-17)24(31)18-9-12-20(26)21(13-18)29(33)34/h2-13,22H,14-15H2,1H3. The molecule has 34 heavy (non-hydrogen) atoms. The van der Waals surface area contributed by atoms with Crippen molar-refractivity contribution in [2.45, 2.75) is 25.9 Å².